The lowest BCUT2D eigenvalue weighted by atomic mass is 10.0. The molecule has 0 radical (unpaired) electrons. The van der Waals surface area contributed by atoms with E-state index < -0.39 is 0 Å². The van der Waals surface area contributed by atoms with Gasteiger partial charge in [-0.2, -0.15) is 0 Å². The van der Waals surface area contributed by atoms with E-state index in [4.69, 9.17) is 9.63 Å². The van der Waals surface area contributed by atoms with Crippen LogP contribution >= 0.6 is 0 Å². The lowest BCUT2D eigenvalue weighted by Gasteiger charge is -2.04. The zero-order chi connectivity index (χ0) is 15.2. The molecule has 0 saturated carbocycles. The predicted molar refractivity (Wildman–Crippen MR) is 79.0 cm³/mol. The fourth-order valence-electron chi connectivity index (χ4n) is 1.77. The second kappa shape index (κ2) is 6.73. The van der Waals surface area contributed by atoms with Crippen molar-refractivity contribution >= 4 is 11.8 Å². The van der Waals surface area contributed by atoms with Crippen molar-refractivity contribution in [3.63, 3.8) is 0 Å². The third kappa shape index (κ3) is 3.94. The summed E-state index contributed by atoms with van der Waals surface area (Å²) in [6, 6.07) is 6.91. The van der Waals surface area contributed by atoms with Gasteiger partial charge in [0.25, 0.3) is 5.91 Å². The van der Waals surface area contributed by atoms with Crippen molar-refractivity contribution in [2.24, 2.45) is 0 Å². The molecule has 5 nitrogen and oxygen atoms in total. The van der Waals surface area contributed by atoms with E-state index in [0.717, 1.165) is 11.1 Å². The Labute approximate surface area is 123 Å². The molecule has 5 heteroatoms. The monoisotopic (exact) mass is 284 g/mol. The minimum Gasteiger partial charge on any atom is -0.395 e. The molecule has 2 N–H and O–H groups in total. The van der Waals surface area contributed by atoms with Crippen LogP contribution in [0.4, 0.5) is 5.88 Å². The van der Waals surface area contributed by atoms with Gasteiger partial charge in [-0.25, -0.2) is 0 Å². The van der Waals surface area contributed by atoms with Crippen LogP contribution in [0, 0.1) is 25.7 Å². The minimum atomic E-state index is -0.260. The summed E-state index contributed by atoms with van der Waals surface area (Å²) in [5, 5.41) is 15.1. The molecule has 2 aromatic rings. The first kappa shape index (κ1) is 14.8. The Hall–Kier alpha value is -2.58. The zero-order valence-corrected chi connectivity index (χ0v) is 11.9. The van der Waals surface area contributed by atoms with Crippen LogP contribution < -0.4 is 5.32 Å². The Morgan fingerprint density at radius 1 is 1.38 bits per heavy atom. The van der Waals surface area contributed by atoms with E-state index in [1.807, 2.05) is 6.92 Å². The van der Waals surface area contributed by atoms with Crippen LogP contribution in [0.5, 0.6) is 0 Å². The van der Waals surface area contributed by atoms with Crippen molar-refractivity contribution in [2.45, 2.75) is 20.3 Å². The van der Waals surface area contributed by atoms with Crippen LogP contribution in [-0.2, 0) is 0 Å². The average Bonchev–Trinajstić information content (AvgIpc) is 2.86. The number of rotatable bonds is 3. The quantitative estimate of drug-likeness (QED) is 0.848. The van der Waals surface area contributed by atoms with E-state index in [0.29, 0.717) is 23.6 Å². The van der Waals surface area contributed by atoms with Crippen LogP contribution in [0.1, 0.15) is 33.6 Å². The normalized spacial score (nSPS) is 9.86. The van der Waals surface area contributed by atoms with Gasteiger partial charge in [0, 0.05) is 23.6 Å². The molecule has 0 aliphatic rings. The number of nitrogens with zero attached hydrogens (tertiary/aromatic N) is 1. The highest BCUT2D eigenvalue weighted by atomic mass is 16.5. The van der Waals surface area contributed by atoms with Gasteiger partial charge in [-0.15, -0.1) is 0 Å². The fourth-order valence-corrected chi connectivity index (χ4v) is 1.77. The summed E-state index contributed by atoms with van der Waals surface area (Å²) in [7, 11) is 0. The molecular formula is C16H16N2O3. The van der Waals surface area contributed by atoms with Crippen molar-refractivity contribution in [1.29, 1.82) is 0 Å². The highest BCUT2D eigenvalue weighted by Crippen LogP contribution is 2.14. The van der Waals surface area contributed by atoms with Crippen molar-refractivity contribution in [3.05, 3.63) is 46.6 Å². The van der Waals surface area contributed by atoms with E-state index in [1.165, 1.54) is 0 Å². The van der Waals surface area contributed by atoms with E-state index in [9.17, 15) is 4.79 Å². The summed E-state index contributed by atoms with van der Waals surface area (Å²) in [5.41, 5.74) is 2.97. The highest BCUT2D eigenvalue weighted by molar-refractivity contribution is 6.03. The number of nitrogens with one attached hydrogen (secondary N) is 1. The highest BCUT2D eigenvalue weighted by Gasteiger charge is 2.10. The molecule has 1 aromatic carbocycles. The van der Waals surface area contributed by atoms with Crippen LogP contribution in [0.15, 0.2) is 28.8 Å². The van der Waals surface area contributed by atoms with Gasteiger partial charge >= 0.3 is 0 Å². The molecule has 0 aliphatic heterocycles. The van der Waals surface area contributed by atoms with Crippen molar-refractivity contribution < 1.29 is 14.4 Å². The molecule has 0 spiro atoms. The van der Waals surface area contributed by atoms with Gasteiger partial charge in [0.05, 0.1) is 12.3 Å². The minimum absolute atomic E-state index is 0.0448. The van der Waals surface area contributed by atoms with Gasteiger partial charge in [-0.3, -0.25) is 10.1 Å². The molecule has 0 aliphatic carbocycles. The second-order valence-electron chi connectivity index (χ2n) is 4.59. The number of anilines is 1. The summed E-state index contributed by atoms with van der Waals surface area (Å²) >= 11 is 0. The molecule has 0 unspecified atom stereocenters. The van der Waals surface area contributed by atoms with Crippen LogP contribution in [0.3, 0.4) is 0 Å². The number of aliphatic hydroxyl groups is 1. The van der Waals surface area contributed by atoms with E-state index >= 15 is 0 Å². The summed E-state index contributed by atoms with van der Waals surface area (Å²) in [6.07, 6.45) is 0.437. The number of amides is 1. The van der Waals surface area contributed by atoms with Crippen molar-refractivity contribution in [1.82, 2.24) is 5.16 Å². The van der Waals surface area contributed by atoms with Gasteiger partial charge in [0.2, 0.25) is 5.88 Å². The maximum Gasteiger partial charge on any atom is 0.258 e. The van der Waals surface area contributed by atoms with Crippen LogP contribution in [0.2, 0.25) is 0 Å². The Morgan fingerprint density at radius 3 is 2.81 bits per heavy atom. The number of hydrogen-bond acceptors (Lipinski definition) is 4. The predicted octanol–water partition coefficient (Wildman–Crippen LogP) is 2.28. The Bertz CT molecular complexity index is 708. The third-order valence-electron chi connectivity index (χ3n) is 2.81. The van der Waals surface area contributed by atoms with Gasteiger partial charge in [0.1, 0.15) is 0 Å². The molecule has 1 heterocycles. The van der Waals surface area contributed by atoms with Crippen molar-refractivity contribution in [2.75, 3.05) is 11.9 Å². The maximum absolute atomic E-state index is 12.1. The van der Waals surface area contributed by atoms with Crippen molar-refractivity contribution in [3.8, 4) is 11.8 Å². The standard InChI is InChI=1S/C16H16N2O3/c1-11-9-14(7-6-13(11)5-3-4-8-19)16(20)17-15-10-12(2)18-21-15/h6-7,9-10,19H,4,8H2,1-2H3,(H,17,20). The maximum atomic E-state index is 12.1. The lowest BCUT2D eigenvalue weighted by Crippen LogP contribution is -2.11. The summed E-state index contributed by atoms with van der Waals surface area (Å²) in [4.78, 5) is 12.1. The fraction of sp³-hybridized carbons (Fsp3) is 0.250. The van der Waals surface area contributed by atoms with Crippen LogP contribution in [-0.4, -0.2) is 22.8 Å². The molecule has 1 aromatic heterocycles. The van der Waals surface area contributed by atoms with Gasteiger partial charge in [0.15, 0.2) is 0 Å². The number of aromatic nitrogens is 1. The summed E-state index contributed by atoms with van der Waals surface area (Å²) in [5.74, 6) is 5.88. The Morgan fingerprint density at radius 2 is 2.19 bits per heavy atom. The van der Waals surface area contributed by atoms with E-state index in [2.05, 4.69) is 22.3 Å². The van der Waals surface area contributed by atoms with Gasteiger partial charge in [-0.1, -0.05) is 17.0 Å². The molecule has 1 amide bonds. The molecule has 0 saturated heterocycles. The topological polar surface area (TPSA) is 75.4 Å². The largest absolute Gasteiger partial charge is 0.395 e. The first-order chi connectivity index (χ1) is 10.1. The Balaban J connectivity index is 2.12. The number of benzene rings is 1. The SMILES string of the molecule is Cc1cc(NC(=O)c2ccc(C#CCCO)c(C)c2)on1. The first-order valence-corrected chi connectivity index (χ1v) is 6.55. The third-order valence-corrected chi connectivity index (χ3v) is 2.81. The molecule has 0 fully saturated rings. The van der Waals surface area contributed by atoms with E-state index in [-0.39, 0.29) is 12.5 Å². The number of aliphatic hydroxyl groups excluding tert-OH is 1. The van der Waals surface area contributed by atoms with Crippen LogP contribution in [0.25, 0.3) is 0 Å². The average molecular weight is 284 g/mol. The smallest absolute Gasteiger partial charge is 0.258 e. The zero-order valence-electron chi connectivity index (χ0n) is 11.9. The first-order valence-electron chi connectivity index (χ1n) is 6.55. The van der Waals surface area contributed by atoms with Gasteiger partial charge in [-0.05, 0) is 37.6 Å². The molecule has 2 rings (SSSR count). The Kier molecular flexibility index (Phi) is 4.75. The number of carbonyl (C=O) groups excluding carboxylic acids is 1. The summed E-state index contributed by atoms with van der Waals surface area (Å²) in [6.45, 7) is 3.71. The molecule has 0 atom stereocenters. The number of hydrogen-bond donors (Lipinski definition) is 2. The summed E-state index contributed by atoms with van der Waals surface area (Å²) < 4.78 is 4.95. The second-order valence-corrected chi connectivity index (χ2v) is 4.59. The molecule has 0 bridgehead atoms. The lowest BCUT2D eigenvalue weighted by molar-refractivity contribution is 0.102. The molecule has 108 valence electrons. The number of carbonyl (C=O) groups is 1. The molecule has 21 heavy (non-hydrogen) atoms. The van der Waals surface area contributed by atoms with E-state index in [1.54, 1.807) is 31.2 Å². The molecular weight excluding hydrogens is 268 g/mol. The van der Waals surface area contributed by atoms with Gasteiger partial charge < -0.3 is 9.63 Å². The number of aryl methyl sites for hydroxylation is 2.